The highest BCUT2D eigenvalue weighted by Gasteiger charge is 2.09. The molecular formula is C14H14O3. The summed E-state index contributed by atoms with van der Waals surface area (Å²) >= 11 is 0. The molecule has 2 rings (SSSR count). The SMILES string of the molecule is CCc1cc(O)c(O)cc1-c1cccc(O)c1. The summed E-state index contributed by atoms with van der Waals surface area (Å²) in [6.07, 6.45) is 0.735. The predicted molar refractivity (Wildman–Crippen MR) is 66.3 cm³/mol. The van der Waals surface area contributed by atoms with Gasteiger partial charge < -0.3 is 15.3 Å². The smallest absolute Gasteiger partial charge is 0.158 e. The van der Waals surface area contributed by atoms with E-state index in [-0.39, 0.29) is 17.2 Å². The van der Waals surface area contributed by atoms with Crippen LogP contribution < -0.4 is 0 Å². The Morgan fingerprint density at radius 1 is 0.941 bits per heavy atom. The predicted octanol–water partition coefficient (Wildman–Crippen LogP) is 3.03. The number of benzene rings is 2. The third-order valence-electron chi connectivity index (χ3n) is 2.74. The third kappa shape index (κ3) is 2.18. The highest BCUT2D eigenvalue weighted by atomic mass is 16.3. The molecule has 0 bridgehead atoms. The van der Waals surface area contributed by atoms with Crippen molar-refractivity contribution < 1.29 is 15.3 Å². The van der Waals surface area contributed by atoms with Crippen molar-refractivity contribution >= 4 is 0 Å². The van der Waals surface area contributed by atoms with Crippen LogP contribution in [-0.2, 0) is 6.42 Å². The van der Waals surface area contributed by atoms with Gasteiger partial charge in [0.25, 0.3) is 0 Å². The van der Waals surface area contributed by atoms with Gasteiger partial charge in [0.15, 0.2) is 11.5 Å². The van der Waals surface area contributed by atoms with Gasteiger partial charge in [0.05, 0.1) is 0 Å². The summed E-state index contributed by atoms with van der Waals surface area (Å²) < 4.78 is 0. The van der Waals surface area contributed by atoms with Gasteiger partial charge >= 0.3 is 0 Å². The Kier molecular flexibility index (Phi) is 2.91. The Labute approximate surface area is 99.6 Å². The van der Waals surface area contributed by atoms with E-state index in [4.69, 9.17) is 0 Å². The second kappa shape index (κ2) is 4.37. The van der Waals surface area contributed by atoms with Crippen LogP contribution in [0.3, 0.4) is 0 Å². The molecule has 0 radical (unpaired) electrons. The highest BCUT2D eigenvalue weighted by Crippen LogP contribution is 2.35. The molecular weight excluding hydrogens is 216 g/mol. The third-order valence-corrected chi connectivity index (χ3v) is 2.74. The summed E-state index contributed by atoms with van der Waals surface area (Å²) in [4.78, 5) is 0. The molecule has 0 saturated carbocycles. The van der Waals surface area contributed by atoms with Gasteiger partial charge in [-0.15, -0.1) is 0 Å². The van der Waals surface area contributed by atoms with Crippen molar-refractivity contribution in [2.24, 2.45) is 0 Å². The number of phenolic OH excluding ortho intramolecular Hbond substituents is 3. The molecule has 0 aliphatic heterocycles. The maximum atomic E-state index is 9.54. The van der Waals surface area contributed by atoms with E-state index in [1.807, 2.05) is 13.0 Å². The molecule has 0 aromatic heterocycles. The van der Waals surface area contributed by atoms with Crippen LogP contribution in [0.1, 0.15) is 12.5 Å². The Hall–Kier alpha value is -2.16. The van der Waals surface area contributed by atoms with E-state index in [1.165, 1.54) is 6.07 Å². The fraction of sp³-hybridized carbons (Fsp3) is 0.143. The van der Waals surface area contributed by atoms with Crippen molar-refractivity contribution in [2.75, 3.05) is 0 Å². The van der Waals surface area contributed by atoms with Gasteiger partial charge in [-0.05, 0) is 47.4 Å². The molecule has 2 aromatic carbocycles. The van der Waals surface area contributed by atoms with Gasteiger partial charge in [0.2, 0.25) is 0 Å². The van der Waals surface area contributed by atoms with Gasteiger partial charge in [-0.25, -0.2) is 0 Å². The molecule has 2 aromatic rings. The molecule has 0 heterocycles. The summed E-state index contributed by atoms with van der Waals surface area (Å²) in [5.74, 6) is -0.0941. The second-order valence-electron chi connectivity index (χ2n) is 3.90. The molecule has 0 fully saturated rings. The van der Waals surface area contributed by atoms with E-state index in [0.717, 1.165) is 23.1 Å². The van der Waals surface area contributed by atoms with Crippen molar-refractivity contribution in [3.63, 3.8) is 0 Å². The zero-order chi connectivity index (χ0) is 12.4. The lowest BCUT2D eigenvalue weighted by molar-refractivity contribution is 0.403. The highest BCUT2D eigenvalue weighted by molar-refractivity contribution is 5.72. The van der Waals surface area contributed by atoms with Crippen LogP contribution in [-0.4, -0.2) is 15.3 Å². The minimum atomic E-state index is -0.152. The Morgan fingerprint density at radius 2 is 1.65 bits per heavy atom. The zero-order valence-corrected chi connectivity index (χ0v) is 9.51. The summed E-state index contributed by atoms with van der Waals surface area (Å²) in [6.45, 7) is 1.97. The number of aromatic hydroxyl groups is 3. The number of rotatable bonds is 2. The molecule has 88 valence electrons. The minimum Gasteiger partial charge on any atom is -0.508 e. The standard InChI is InChI=1S/C14H14O3/c1-2-9-7-13(16)14(17)8-12(9)10-4-3-5-11(15)6-10/h3-8,15-17H,2H2,1H3. The molecule has 0 saturated heterocycles. The fourth-order valence-corrected chi connectivity index (χ4v) is 1.85. The molecule has 3 N–H and O–H groups in total. The molecule has 3 nitrogen and oxygen atoms in total. The minimum absolute atomic E-state index is 0.120. The largest absolute Gasteiger partial charge is 0.508 e. The molecule has 0 aliphatic rings. The van der Waals surface area contributed by atoms with Crippen molar-refractivity contribution in [1.29, 1.82) is 0 Å². The normalized spacial score (nSPS) is 10.4. The molecule has 0 spiro atoms. The van der Waals surface area contributed by atoms with Crippen molar-refractivity contribution in [3.05, 3.63) is 42.0 Å². The summed E-state index contributed by atoms with van der Waals surface area (Å²) in [5.41, 5.74) is 2.56. The Morgan fingerprint density at radius 3 is 2.29 bits per heavy atom. The van der Waals surface area contributed by atoms with E-state index in [1.54, 1.807) is 24.3 Å². The quantitative estimate of drug-likeness (QED) is 0.695. The van der Waals surface area contributed by atoms with E-state index < -0.39 is 0 Å². The topological polar surface area (TPSA) is 60.7 Å². The number of phenols is 3. The van der Waals surface area contributed by atoms with Crippen LogP contribution in [0.2, 0.25) is 0 Å². The first kappa shape index (κ1) is 11.3. The lowest BCUT2D eigenvalue weighted by Crippen LogP contribution is -1.88. The van der Waals surface area contributed by atoms with Crippen LogP contribution in [0.15, 0.2) is 36.4 Å². The van der Waals surface area contributed by atoms with Gasteiger partial charge in [-0.3, -0.25) is 0 Å². The Bertz CT molecular complexity index is 547. The summed E-state index contributed by atoms with van der Waals surface area (Å²) in [6, 6.07) is 9.89. The van der Waals surface area contributed by atoms with Crippen LogP contribution in [0.25, 0.3) is 11.1 Å². The summed E-state index contributed by atoms with van der Waals surface area (Å²) in [7, 11) is 0. The van der Waals surface area contributed by atoms with Crippen LogP contribution in [0.5, 0.6) is 17.2 Å². The first-order valence-electron chi connectivity index (χ1n) is 5.46. The first-order valence-corrected chi connectivity index (χ1v) is 5.46. The van der Waals surface area contributed by atoms with Crippen LogP contribution in [0.4, 0.5) is 0 Å². The average molecular weight is 230 g/mol. The van der Waals surface area contributed by atoms with Gasteiger partial charge in [0, 0.05) is 0 Å². The lowest BCUT2D eigenvalue weighted by atomic mass is 9.97. The maximum absolute atomic E-state index is 9.54. The van der Waals surface area contributed by atoms with Crippen LogP contribution >= 0.6 is 0 Å². The van der Waals surface area contributed by atoms with Gasteiger partial charge in [-0.2, -0.15) is 0 Å². The molecule has 0 amide bonds. The summed E-state index contributed by atoms with van der Waals surface area (Å²) in [5, 5.41) is 28.4. The van der Waals surface area contributed by atoms with Gasteiger partial charge in [-0.1, -0.05) is 19.1 Å². The van der Waals surface area contributed by atoms with E-state index >= 15 is 0 Å². The molecule has 0 atom stereocenters. The van der Waals surface area contributed by atoms with E-state index in [0.29, 0.717) is 0 Å². The average Bonchev–Trinajstić information content (AvgIpc) is 2.32. The molecule has 0 unspecified atom stereocenters. The van der Waals surface area contributed by atoms with Crippen molar-refractivity contribution in [2.45, 2.75) is 13.3 Å². The second-order valence-corrected chi connectivity index (χ2v) is 3.90. The monoisotopic (exact) mass is 230 g/mol. The lowest BCUT2D eigenvalue weighted by Gasteiger charge is -2.10. The van der Waals surface area contributed by atoms with Crippen molar-refractivity contribution in [3.8, 4) is 28.4 Å². The zero-order valence-electron chi connectivity index (χ0n) is 9.51. The number of aryl methyl sites for hydroxylation is 1. The first-order chi connectivity index (χ1) is 8.11. The number of hydrogen-bond donors (Lipinski definition) is 3. The Balaban J connectivity index is 2.62. The maximum Gasteiger partial charge on any atom is 0.158 e. The fourth-order valence-electron chi connectivity index (χ4n) is 1.85. The molecule has 0 aliphatic carbocycles. The van der Waals surface area contributed by atoms with Gasteiger partial charge in [0.1, 0.15) is 5.75 Å². The van der Waals surface area contributed by atoms with E-state index in [2.05, 4.69) is 0 Å². The van der Waals surface area contributed by atoms with Crippen molar-refractivity contribution in [1.82, 2.24) is 0 Å². The molecule has 3 heteroatoms. The van der Waals surface area contributed by atoms with Crippen LogP contribution in [0, 0.1) is 0 Å². The van der Waals surface area contributed by atoms with E-state index in [9.17, 15) is 15.3 Å². The number of hydrogen-bond acceptors (Lipinski definition) is 3. The molecule has 17 heavy (non-hydrogen) atoms.